The highest BCUT2D eigenvalue weighted by Gasteiger charge is 1.95. The highest BCUT2D eigenvalue weighted by atomic mass is 14.0. The Kier molecular flexibility index (Phi) is 181. The molecule has 0 amide bonds. The summed E-state index contributed by atoms with van der Waals surface area (Å²) in [7, 11) is 0. The smallest absolute Gasteiger partial charge is 0.0184 e. The minimum atomic E-state index is 1.31. The molecule has 6 rings (SSSR count). The van der Waals surface area contributed by atoms with Gasteiger partial charge in [-0.3, -0.25) is 0 Å². The van der Waals surface area contributed by atoms with E-state index in [0.29, 0.717) is 0 Å². The number of rotatable bonds is 0. The maximum atomic E-state index is 2.12. The molecule has 0 N–H and O–H groups in total. The summed E-state index contributed by atoms with van der Waals surface area (Å²) in [5.41, 5.74) is 0. The van der Waals surface area contributed by atoms with Crippen molar-refractivity contribution in [3.8, 4) is 0 Å². The van der Waals surface area contributed by atoms with Crippen molar-refractivity contribution in [2.75, 3.05) is 0 Å². The van der Waals surface area contributed by atoms with Crippen molar-refractivity contribution in [2.24, 2.45) is 0 Å². The molecule has 0 bridgehead atoms. The predicted octanol–water partition coefficient (Wildman–Crippen LogP) is 24.1. The van der Waals surface area contributed by atoms with Crippen molar-refractivity contribution >= 4 is 21.5 Å². The van der Waals surface area contributed by atoms with Crippen molar-refractivity contribution in [3.63, 3.8) is 0 Å². The maximum absolute atomic E-state index is 2.12. The summed E-state index contributed by atoms with van der Waals surface area (Å²) in [5, 5.41) is 5.24. The average Bonchev–Trinajstić information content (AvgIpc) is 3.44. The molecule has 0 aliphatic heterocycles. The van der Waals surface area contributed by atoms with Crippen molar-refractivity contribution in [2.45, 2.75) is 232 Å². The molecule has 1 aliphatic carbocycles. The van der Waals surface area contributed by atoms with Gasteiger partial charge in [-0.05, 0) is 21.5 Å². The van der Waals surface area contributed by atoms with Crippen molar-refractivity contribution in [1.29, 1.82) is 0 Å². The summed E-state index contributed by atoms with van der Waals surface area (Å²) in [4.78, 5) is 0. The lowest BCUT2D eigenvalue weighted by Gasteiger charge is -2.05. The van der Waals surface area contributed by atoms with Gasteiger partial charge in [0.15, 0.2) is 0 Å². The quantitative estimate of drug-likeness (QED) is 0.146. The summed E-state index contributed by atoms with van der Waals surface area (Å²) < 4.78 is 0. The van der Waals surface area contributed by atoms with Gasteiger partial charge in [-0.25, -0.2) is 0 Å². The van der Waals surface area contributed by atoms with Gasteiger partial charge in [-0.1, -0.05) is 366 Å². The van der Waals surface area contributed by atoms with Crippen LogP contribution in [0.2, 0.25) is 0 Å². The third-order valence-corrected chi connectivity index (χ3v) is 5.48. The lowest BCUT2D eigenvalue weighted by molar-refractivity contribution is 0.504. The first-order valence-electron chi connectivity index (χ1n) is 25.8. The summed E-state index contributed by atoms with van der Waals surface area (Å²) in [6.07, 6.45) is 9.00. The zero-order valence-electron chi connectivity index (χ0n) is 46.9. The van der Waals surface area contributed by atoms with Gasteiger partial charge >= 0.3 is 0 Å². The molecule has 1 saturated carbocycles. The van der Waals surface area contributed by atoms with E-state index in [9.17, 15) is 0 Å². The molecule has 0 saturated heterocycles. The van der Waals surface area contributed by atoms with Crippen LogP contribution in [-0.2, 0) is 0 Å². The van der Waals surface area contributed by atoms with Crippen LogP contribution in [0.3, 0.4) is 0 Å². The first kappa shape index (κ1) is 88.0. The molecule has 0 spiro atoms. The molecule has 0 atom stereocenters. The molecular formula is C60H118. The Hall–Kier alpha value is -3.38. The molecule has 5 aromatic rings. The minimum absolute atomic E-state index is 1.31. The Morgan fingerprint density at radius 3 is 0.317 bits per heavy atom. The molecule has 5 aromatic carbocycles. The second-order valence-corrected chi connectivity index (χ2v) is 7.97. The number of hydrogen-bond donors (Lipinski definition) is 0. The Bertz CT molecular complexity index is 884. The van der Waals surface area contributed by atoms with E-state index >= 15 is 0 Å². The van der Waals surface area contributed by atoms with Gasteiger partial charge in [-0.15, -0.1) is 0 Å². The number of fused-ring (bicyclic) bond motifs is 2. The summed E-state index contributed by atoms with van der Waals surface area (Å²) in [6, 6.07) is 45.4. The van der Waals surface area contributed by atoms with E-state index in [-0.39, 0.29) is 0 Å². The SMILES string of the molecule is C1CCCCC1.CC.CC.CC.CC.CC.CC.CC.CC.CC.CC.CC.CC.CC.CC.c1ccc2ccccc2c1.c1ccc2ccccc2c1.c1ccccc1. The molecule has 358 valence electrons. The molecule has 0 heterocycles. The third-order valence-electron chi connectivity index (χ3n) is 5.48. The van der Waals surface area contributed by atoms with E-state index in [1.165, 1.54) is 60.1 Å². The third kappa shape index (κ3) is 78.9. The van der Waals surface area contributed by atoms with E-state index in [4.69, 9.17) is 0 Å². The second-order valence-electron chi connectivity index (χ2n) is 7.97. The molecule has 0 heteroatoms. The van der Waals surface area contributed by atoms with Gasteiger partial charge in [0.05, 0.1) is 0 Å². The van der Waals surface area contributed by atoms with E-state index in [2.05, 4.69) is 97.1 Å². The fourth-order valence-corrected chi connectivity index (χ4v) is 3.71. The van der Waals surface area contributed by atoms with Crippen LogP contribution in [0.1, 0.15) is 232 Å². The molecule has 0 aromatic heterocycles. The van der Waals surface area contributed by atoms with Crippen LogP contribution < -0.4 is 0 Å². The molecule has 0 radical (unpaired) electrons. The van der Waals surface area contributed by atoms with Crippen molar-refractivity contribution in [3.05, 3.63) is 133 Å². The van der Waals surface area contributed by atoms with Gasteiger partial charge in [-0.2, -0.15) is 0 Å². The van der Waals surface area contributed by atoms with E-state index in [1.54, 1.807) is 0 Å². The largest absolute Gasteiger partial charge is 0.0683 e. The van der Waals surface area contributed by atoms with E-state index in [0.717, 1.165) is 0 Å². The summed E-state index contributed by atoms with van der Waals surface area (Å²) in [5.74, 6) is 0. The Balaban J connectivity index is -0.0000000434. The molecule has 1 fully saturated rings. The van der Waals surface area contributed by atoms with Crippen LogP contribution in [0.5, 0.6) is 0 Å². The summed E-state index contributed by atoms with van der Waals surface area (Å²) >= 11 is 0. The van der Waals surface area contributed by atoms with Crippen LogP contribution in [0, 0.1) is 0 Å². The van der Waals surface area contributed by atoms with Crippen LogP contribution >= 0.6 is 0 Å². The van der Waals surface area contributed by atoms with Gasteiger partial charge < -0.3 is 0 Å². The van der Waals surface area contributed by atoms with E-state index in [1.807, 2.05) is 230 Å². The molecule has 60 heavy (non-hydrogen) atoms. The highest BCUT2D eigenvalue weighted by molar-refractivity contribution is 5.82. The van der Waals surface area contributed by atoms with Crippen LogP contribution in [-0.4, -0.2) is 0 Å². The Morgan fingerprint density at radius 2 is 0.233 bits per heavy atom. The predicted molar refractivity (Wildman–Crippen MR) is 301 cm³/mol. The van der Waals surface area contributed by atoms with Crippen molar-refractivity contribution in [1.82, 2.24) is 0 Å². The van der Waals surface area contributed by atoms with E-state index < -0.39 is 0 Å². The molecular weight excluding hydrogens is 721 g/mol. The van der Waals surface area contributed by atoms with Gasteiger partial charge in [0, 0.05) is 0 Å². The topological polar surface area (TPSA) is 0 Å². The first-order chi connectivity index (χ1) is 29.9. The van der Waals surface area contributed by atoms with Crippen LogP contribution in [0.15, 0.2) is 133 Å². The van der Waals surface area contributed by atoms with Crippen LogP contribution in [0.4, 0.5) is 0 Å². The van der Waals surface area contributed by atoms with Crippen molar-refractivity contribution < 1.29 is 0 Å². The fourth-order valence-electron chi connectivity index (χ4n) is 3.71. The molecule has 1 aliphatic rings. The first-order valence-corrected chi connectivity index (χ1v) is 25.8. The van der Waals surface area contributed by atoms with Crippen LogP contribution in [0.25, 0.3) is 21.5 Å². The number of benzene rings is 5. The monoisotopic (exact) mass is 839 g/mol. The Labute approximate surface area is 385 Å². The minimum Gasteiger partial charge on any atom is -0.0683 e. The fraction of sp³-hybridized carbons (Fsp3) is 0.567. The average molecular weight is 840 g/mol. The zero-order chi connectivity index (χ0) is 50.1. The van der Waals surface area contributed by atoms with Gasteiger partial charge in [0.1, 0.15) is 0 Å². The number of hydrogen-bond acceptors (Lipinski definition) is 0. The lowest BCUT2D eigenvalue weighted by Crippen LogP contribution is -1.85. The molecule has 0 unspecified atom stereocenters. The normalized spacial score (nSPS) is 7.93. The van der Waals surface area contributed by atoms with Gasteiger partial charge in [0.2, 0.25) is 0 Å². The maximum Gasteiger partial charge on any atom is -0.0184 e. The summed E-state index contributed by atoms with van der Waals surface area (Å²) in [6.45, 7) is 56.0. The second kappa shape index (κ2) is 124. The van der Waals surface area contributed by atoms with Gasteiger partial charge in [0.25, 0.3) is 0 Å². The zero-order valence-corrected chi connectivity index (χ0v) is 46.9. The standard InChI is InChI=1S/2C10H8.C6H12.C6H6.14C2H6/c2*1-2-6-10-8-4-3-7-9(10)5-1;2*1-2-4-6-5-3-1;14*1-2/h2*1-8H;1-6H2;1-6H;14*1-2H3. The lowest BCUT2D eigenvalue weighted by atomic mass is 10.0. The highest BCUT2D eigenvalue weighted by Crippen LogP contribution is 2.15. The Morgan fingerprint density at radius 1 is 0.150 bits per heavy atom. The molecule has 0 nitrogen and oxygen atoms in total.